The normalized spacial score (nSPS) is 20.6. The molecule has 28 heavy (non-hydrogen) atoms. The summed E-state index contributed by atoms with van der Waals surface area (Å²) < 4.78 is 28.3. The predicted molar refractivity (Wildman–Crippen MR) is 107 cm³/mol. The highest BCUT2D eigenvalue weighted by atomic mass is 32.2. The van der Waals surface area contributed by atoms with Crippen molar-refractivity contribution >= 4 is 34.6 Å². The monoisotopic (exact) mass is 410 g/mol. The lowest BCUT2D eigenvalue weighted by molar-refractivity contribution is -0.112. The quantitative estimate of drug-likeness (QED) is 0.728. The fourth-order valence-corrected chi connectivity index (χ4v) is 4.29. The Bertz CT molecular complexity index is 855. The van der Waals surface area contributed by atoms with Crippen molar-refractivity contribution in [3.63, 3.8) is 0 Å². The first-order valence-corrected chi connectivity index (χ1v) is 10.5. The summed E-state index contributed by atoms with van der Waals surface area (Å²) in [6.45, 7) is 3.55. The van der Waals surface area contributed by atoms with E-state index in [4.69, 9.17) is 0 Å². The van der Waals surface area contributed by atoms with Gasteiger partial charge in [-0.3, -0.25) is 4.31 Å². The summed E-state index contributed by atoms with van der Waals surface area (Å²) in [5, 5.41) is 14.1. The summed E-state index contributed by atoms with van der Waals surface area (Å²) in [5.41, 5.74) is -0.610. The molecular weight excluding hydrogens is 386 g/mol. The van der Waals surface area contributed by atoms with Crippen molar-refractivity contribution in [2.75, 3.05) is 42.7 Å². The molecule has 2 N–H and O–H groups in total. The van der Waals surface area contributed by atoms with Crippen LogP contribution in [0.3, 0.4) is 0 Å². The number of β-amino-alcohol motifs (C(OH)–C–C–N with tert-alkyl or cyclic N) is 1. The molecule has 2 aromatic heterocycles. The summed E-state index contributed by atoms with van der Waals surface area (Å²) in [6.07, 6.45) is 3.06. The highest BCUT2D eigenvalue weighted by Gasteiger charge is 2.50. The number of pyridine rings is 1. The van der Waals surface area contributed by atoms with E-state index in [0.29, 0.717) is 23.3 Å². The van der Waals surface area contributed by atoms with Crippen molar-refractivity contribution in [2.45, 2.75) is 37.8 Å². The van der Waals surface area contributed by atoms with E-state index in [1.54, 1.807) is 23.0 Å². The summed E-state index contributed by atoms with van der Waals surface area (Å²) in [5.74, 6) is 1.04. The van der Waals surface area contributed by atoms with Crippen LogP contribution in [0.2, 0.25) is 0 Å². The lowest BCUT2D eigenvalue weighted by Crippen LogP contribution is -2.66. The third kappa shape index (κ3) is 3.72. The maximum Gasteiger partial charge on any atom is 0.270 e. The summed E-state index contributed by atoms with van der Waals surface area (Å²) >= 11 is 1.76. The van der Waals surface area contributed by atoms with Gasteiger partial charge in [0.1, 0.15) is 5.52 Å². The van der Waals surface area contributed by atoms with E-state index in [1.807, 2.05) is 13.0 Å². The molecule has 2 aliphatic heterocycles. The van der Waals surface area contributed by atoms with Crippen molar-refractivity contribution < 1.29 is 13.9 Å². The summed E-state index contributed by atoms with van der Waals surface area (Å²) in [7, 11) is 0. The Labute approximate surface area is 166 Å². The number of nitrogens with zero attached hydrogens (tertiary/aromatic N) is 5. The van der Waals surface area contributed by atoms with Crippen LogP contribution < -0.4 is 10.2 Å². The largest absolute Gasteiger partial charge is 0.380 e. The zero-order chi connectivity index (χ0) is 19.9. The highest BCUT2D eigenvalue weighted by Crippen LogP contribution is 2.34. The molecule has 0 aliphatic carbocycles. The first-order valence-electron chi connectivity index (χ1n) is 9.33. The number of aromatic nitrogens is 3. The van der Waals surface area contributed by atoms with Crippen LogP contribution in [0.25, 0.3) is 10.9 Å². The maximum absolute atomic E-state index is 13.0. The molecule has 10 heteroatoms. The van der Waals surface area contributed by atoms with Crippen molar-refractivity contribution in [3.05, 3.63) is 18.0 Å². The molecule has 0 bridgehead atoms. The summed E-state index contributed by atoms with van der Waals surface area (Å²) in [4.78, 5) is 15.2. The van der Waals surface area contributed by atoms with Crippen LogP contribution in [0, 0.1) is 6.92 Å². The second kappa shape index (κ2) is 7.57. The average molecular weight is 410 g/mol. The minimum atomic E-state index is -2.78. The standard InChI is InChI=1S/C18H24F2N6OS/c1-11-7-12-8-21-17(23-13-3-5-26(28-2)6-4-13)24-14(12)15(22-11)25-9-18(27,10-25)16(19)20/h7-8,13,16,27H,3-6,9-10H2,1-2H3,(H,21,23,24). The molecule has 0 atom stereocenters. The number of aryl methyl sites for hydroxylation is 1. The number of anilines is 2. The predicted octanol–water partition coefficient (Wildman–Crippen LogP) is 2.30. The molecule has 0 unspecified atom stereocenters. The fourth-order valence-electron chi connectivity index (χ4n) is 3.71. The van der Waals surface area contributed by atoms with Gasteiger partial charge in [-0.2, -0.15) is 0 Å². The van der Waals surface area contributed by atoms with Gasteiger partial charge in [0.15, 0.2) is 11.4 Å². The van der Waals surface area contributed by atoms with Gasteiger partial charge in [-0.25, -0.2) is 23.7 Å². The van der Waals surface area contributed by atoms with E-state index in [2.05, 4.69) is 30.8 Å². The van der Waals surface area contributed by atoms with E-state index in [1.165, 1.54) is 0 Å². The number of halogens is 2. The average Bonchev–Trinajstić information content (AvgIpc) is 2.65. The third-order valence-electron chi connectivity index (χ3n) is 5.36. The van der Waals surface area contributed by atoms with Gasteiger partial charge < -0.3 is 15.3 Å². The topological polar surface area (TPSA) is 77.4 Å². The van der Waals surface area contributed by atoms with Crippen molar-refractivity contribution in [1.82, 2.24) is 19.3 Å². The molecule has 2 fully saturated rings. The molecule has 2 aromatic rings. The molecule has 0 spiro atoms. The number of nitrogens with one attached hydrogen (secondary N) is 1. The molecule has 0 amide bonds. The first-order chi connectivity index (χ1) is 13.4. The SMILES string of the molecule is CSN1CCC(Nc2ncc3cc(C)nc(N4CC(O)(C(F)F)C4)c3n2)CC1. The molecule has 0 saturated carbocycles. The fraction of sp³-hybridized carbons (Fsp3) is 0.611. The molecule has 7 nitrogen and oxygen atoms in total. The van der Waals surface area contributed by atoms with Crippen LogP contribution in [0.5, 0.6) is 0 Å². The van der Waals surface area contributed by atoms with Gasteiger partial charge in [0.2, 0.25) is 5.95 Å². The molecule has 4 heterocycles. The first kappa shape index (κ1) is 19.5. The smallest absolute Gasteiger partial charge is 0.270 e. The Hall–Kier alpha value is -1.78. The van der Waals surface area contributed by atoms with Crippen molar-refractivity contribution in [3.8, 4) is 0 Å². The zero-order valence-corrected chi connectivity index (χ0v) is 16.7. The lowest BCUT2D eigenvalue weighted by atomic mass is 9.94. The lowest BCUT2D eigenvalue weighted by Gasteiger charge is -2.46. The second-order valence-corrected chi connectivity index (χ2v) is 8.39. The number of alkyl halides is 2. The number of hydrogen-bond acceptors (Lipinski definition) is 8. The number of piperidine rings is 1. The van der Waals surface area contributed by atoms with Gasteiger partial charge in [-0.15, -0.1) is 0 Å². The van der Waals surface area contributed by atoms with E-state index in [-0.39, 0.29) is 13.1 Å². The molecule has 2 aliphatic rings. The van der Waals surface area contributed by atoms with E-state index in [9.17, 15) is 13.9 Å². The van der Waals surface area contributed by atoms with Gasteiger partial charge in [0.25, 0.3) is 6.43 Å². The third-order valence-corrected chi connectivity index (χ3v) is 6.24. The second-order valence-electron chi connectivity index (χ2n) is 7.51. The molecule has 4 rings (SSSR count). The van der Waals surface area contributed by atoms with Gasteiger partial charge >= 0.3 is 0 Å². The highest BCUT2D eigenvalue weighted by molar-refractivity contribution is 7.96. The molecule has 152 valence electrons. The van der Waals surface area contributed by atoms with Gasteiger partial charge in [0, 0.05) is 36.4 Å². The minimum absolute atomic E-state index is 0.157. The Balaban J connectivity index is 1.56. The van der Waals surface area contributed by atoms with Crippen LogP contribution in [0.15, 0.2) is 12.3 Å². The Morgan fingerprint density at radius 2 is 2.00 bits per heavy atom. The van der Waals surface area contributed by atoms with Crippen LogP contribution in [-0.2, 0) is 0 Å². The number of rotatable bonds is 5. The van der Waals surface area contributed by atoms with Crippen LogP contribution in [0.1, 0.15) is 18.5 Å². The van der Waals surface area contributed by atoms with Gasteiger partial charge in [0.05, 0.1) is 13.1 Å². The Kier molecular flexibility index (Phi) is 5.28. The molecule has 2 saturated heterocycles. The number of hydrogen-bond donors (Lipinski definition) is 2. The van der Waals surface area contributed by atoms with Gasteiger partial charge in [-0.05, 0) is 32.1 Å². The van der Waals surface area contributed by atoms with Crippen LogP contribution in [-0.4, -0.2) is 74.9 Å². The Morgan fingerprint density at radius 1 is 1.29 bits per heavy atom. The number of fused-ring (bicyclic) bond motifs is 1. The van der Waals surface area contributed by atoms with Crippen molar-refractivity contribution in [2.24, 2.45) is 0 Å². The molecular formula is C18H24F2N6OS. The Morgan fingerprint density at radius 3 is 2.64 bits per heavy atom. The summed E-state index contributed by atoms with van der Waals surface area (Å²) in [6, 6.07) is 2.18. The molecule has 0 radical (unpaired) electrons. The zero-order valence-electron chi connectivity index (χ0n) is 15.9. The van der Waals surface area contributed by atoms with Crippen molar-refractivity contribution in [1.29, 1.82) is 0 Å². The van der Waals surface area contributed by atoms with E-state index in [0.717, 1.165) is 37.0 Å². The maximum atomic E-state index is 13.0. The van der Waals surface area contributed by atoms with E-state index >= 15 is 0 Å². The van der Waals surface area contributed by atoms with E-state index < -0.39 is 12.0 Å². The number of aliphatic hydroxyl groups is 1. The van der Waals surface area contributed by atoms with Crippen LogP contribution in [0.4, 0.5) is 20.5 Å². The van der Waals surface area contributed by atoms with Gasteiger partial charge in [-0.1, -0.05) is 11.9 Å². The minimum Gasteiger partial charge on any atom is -0.380 e. The van der Waals surface area contributed by atoms with Crippen LogP contribution >= 0.6 is 11.9 Å². The molecule has 0 aromatic carbocycles.